The zero-order valence-corrected chi connectivity index (χ0v) is 16.0. The van der Waals surface area contributed by atoms with Crippen molar-refractivity contribution in [3.63, 3.8) is 0 Å². The molecule has 0 saturated carbocycles. The smallest absolute Gasteiger partial charge is 0.290 e. The number of imidazole rings is 1. The third-order valence-electron chi connectivity index (χ3n) is 5.37. The Morgan fingerprint density at radius 3 is 2.82 bits per heavy atom. The van der Waals surface area contributed by atoms with Crippen molar-refractivity contribution in [2.24, 2.45) is 0 Å². The molecular weight excluding hydrogens is 356 g/mol. The average molecular weight is 382 g/mol. The Balaban J connectivity index is 1.51. The van der Waals surface area contributed by atoms with Crippen LogP contribution in [0.25, 0.3) is 5.52 Å². The van der Waals surface area contributed by atoms with Gasteiger partial charge in [0.15, 0.2) is 5.69 Å². The molecule has 3 heterocycles. The molecule has 2 amide bonds. The number of hydrogen-bond acceptors (Lipinski definition) is 4. The number of morpholine rings is 1. The van der Waals surface area contributed by atoms with E-state index in [-0.39, 0.29) is 17.6 Å². The largest absolute Gasteiger partial charge is 0.378 e. The highest BCUT2D eigenvalue weighted by molar-refractivity contribution is 6.02. The maximum atomic E-state index is 12.9. The second kappa shape index (κ2) is 8.56. The van der Waals surface area contributed by atoms with Crippen LogP contribution in [0.2, 0.25) is 0 Å². The van der Waals surface area contributed by atoms with E-state index in [2.05, 4.69) is 16.4 Å². The molecule has 0 unspecified atom stereocenters. The zero-order valence-electron chi connectivity index (χ0n) is 16.0. The third kappa shape index (κ3) is 3.94. The number of aromatic nitrogens is 2. The number of amides is 2. The summed E-state index contributed by atoms with van der Waals surface area (Å²) in [5.74, 6) is -0.130. The van der Waals surface area contributed by atoms with Crippen LogP contribution in [-0.2, 0) is 4.74 Å². The van der Waals surface area contributed by atoms with Crippen molar-refractivity contribution in [3.8, 4) is 0 Å². The number of nitrogens with zero attached hydrogens (tertiary/aromatic N) is 3. The molecule has 7 heteroatoms. The number of fused-ring (bicyclic) bond motifs is 1. The van der Waals surface area contributed by atoms with Gasteiger partial charge in [-0.15, -0.1) is 0 Å². The molecule has 7 nitrogen and oxygen atoms in total. The minimum atomic E-state index is -0.235. The van der Waals surface area contributed by atoms with Crippen LogP contribution in [0.1, 0.15) is 53.2 Å². The van der Waals surface area contributed by atoms with Gasteiger partial charge in [0.25, 0.3) is 11.8 Å². The van der Waals surface area contributed by atoms with Crippen LogP contribution in [0.3, 0.4) is 0 Å². The fourth-order valence-corrected chi connectivity index (χ4v) is 3.82. The Labute approximate surface area is 164 Å². The van der Waals surface area contributed by atoms with E-state index >= 15 is 0 Å². The van der Waals surface area contributed by atoms with Gasteiger partial charge in [0.05, 0.1) is 18.7 Å². The fraction of sp³-hybridized carbons (Fsp3) is 0.476. The zero-order chi connectivity index (χ0) is 19.3. The normalized spacial score (nSPS) is 17.4. The Kier molecular flexibility index (Phi) is 5.71. The number of rotatable bonds is 5. The molecule has 0 spiro atoms. The SMILES string of the molecule is O=C(NCCC1=CCCCC1)c1nc(C(=O)N2CCOCC2)n2ccccc12. The van der Waals surface area contributed by atoms with Gasteiger partial charge in [0.2, 0.25) is 5.82 Å². The Morgan fingerprint density at radius 1 is 1.18 bits per heavy atom. The molecule has 0 radical (unpaired) electrons. The molecule has 1 aliphatic carbocycles. The highest BCUT2D eigenvalue weighted by Gasteiger charge is 2.26. The first-order chi connectivity index (χ1) is 13.7. The van der Waals surface area contributed by atoms with Crippen molar-refractivity contribution in [3.05, 3.63) is 47.6 Å². The lowest BCUT2D eigenvalue weighted by atomic mass is 9.97. The monoisotopic (exact) mass is 382 g/mol. The highest BCUT2D eigenvalue weighted by atomic mass is 16.5. The molecule has 1 fully saturated rings. The summed E-state index contributed by atoms with van der Waals surface area (Å²) in [5, 5.41) is 2.97. The van der Waals surface area contributed by atoms with Crippen molar-refractivity contribution in [2.75, 3.05) is 32.8 Å². The lowest BCUT2D eigenvalue weighted by molar-refractivity contribution is 0.0294. The van der Waals surface area contributed by atoms with Crippen LogP contribution in [0.5, 0.6) is 0 Å². The van der Waals surface area contributed by atoms with Gasteiger partial charge in [-0.05, 0) is 44.2 Å². The maximum absolute atomic E-state index is 12.9. The summed E-state index contributed by atoms with van der Waals surface area (Å²) in [6, 6.07) is 5.51. The summed E-state index contributed by atoms with van der Waals surface area (Å²) >= 11 is 0. The van der Waals surface area contributed by atoms with Crippen LogP contribution in [0, 0.1) is 0 Å². The van der Waals surface area contributed by atoms with Gasteiger partial charge in [-0.3, -0.25) is 14.0 Å². The van der Waals surface area contributed by atoms with Gasteiger partial charge in [0.1, 0.15) is 0 Å². The minimum Gasteiger partial charge on any atom is -0.378 e. The summed E-state index contributed by atoms with van der Waals surface area (Å²) < 4.78 is 7.03. The van der Waals surface area contributed by atoms with Gasteiger partial charge in [-0.1, -0.05) is 17.7 Å². The van der Waals surface area contributed by atoms with Gasteiger partial charge < -0.3 is 15.0 Å². The predicted octanol–water partition coefficient (Wildman–Crippen LogP) is 2.43. The summed E-state index contributed by atoms with van der Waals surface area (Å²) in [6.45, 7) is 2.72. The molecule has 0 aromatic carbocycles. The number of nitrogens with one attached hydrogen (secondary N) is 1. The molecule has 28 heavy (non-hydrogen) atoms. The van der Waals surface area contributed by atoms with Gasteiger partial charge >= 0.3 is 0 Å². The quantitative estimate of drug-likeness (QED) is 0.806. The fourth-order valence-electron chi connectivity index (χ4n) is 3.82. The molecular formula is C21H26N4O3. The third-order valence-corrected chi connectivity index (χ3v) is 5.37. The number of allylic oxidation sites excluding steroid dienone is 1. The molecule has 2 aromatic heterocycles. The highest BCUT2D eigenvalue weighted by Crippen LogP contribution is 2.20. The summed E-state index contributed by atoms with van der Waals surface area (Å²) in [5.41, 5.74) is 2.37. The second-order valence-corrected chi connectivity index (χ2v) is 7.26. The van der Waals surface area contributed by atoms with Crippen LogP contribution < -0.4 is 5.32 Å². The maximum Gasteiger partial charge on any atom is 0.290 e. The molecule has 1 saturated heterocycles. The van der Waals surface area contributed by atoms with Gasteiger partial charge in [-0.25, -0.2) is 4.98 Å². The molecule has 2 aromatic rings. The van der Waals surface area contributed by atoms with Gasteiger partial charge in [-0.2, -0.15) is 0 Å². The first-order valence-electron chi connectivity index (χ1n) is 10.0. The summed E-state index contributed by atoms with van der Waals surface area (Å²) in [6.07, 6.45) is 9.70. The first kappa shape index (κ1) is 18.7. The Hall–Kier alpha value is -2.67. The number of pyridine rings is 1. The number of carbonyl (C=O) groups excluding carboxylic acids is 2. The number of ether oxygens (including phenoxy) is 1. The van der Waals surface area contributed by atoms with E-state index in [1.54, 1.807) is 15.5 Å². The standard InChI is InChI=1S/C21H26N4O3/c26-20(22-10-9-16-6-2-1-3-7-16)18-17-8-4-5-11-25(17)19(23-18)21(27)24-12-14-28-15-13-24/h4-6,8,11H,1-3,7,9-10,12-15H2,(H,22,26). The molecule has 1 N–H and O–H groups in total. The summed E-state index contributed by atoms with van der Waals surface area (Å²) in [4.78, 5) is 31.8. The summed E-state index contributed by atoms with van der Waals surface area (Å²) in [7, 11) is 0. The van der Waals surface area contributed by atoms with Crippen molar-refractivity contribution in [1.29, 1.82) is 0 Å². The number of hydrogen-bond donors (Lipinski definition) is 1. The van der Waals surface area contributed by atoms with E-state index in [1.807, 2.05) is 18.2 Å². The van der Waals surface area contributed by atoms with Gasteiger partial charge in [0, 0.05) is 25.8 Å². The van der Waals surface area contributed by atoms with Crippen molar-refractivity contribution in [2.45, 2.75) is 32.1 Å². The van der Waals surface area contributed by atoms with Crippen molar-refractivity contribution >= 4 is 17.3 Å². The molecule has 1 aliphatic heterocycles. The van der Waals surface area contributed by atoms with Crippen LogP contribution in [-0.4, -0.2) is 58.9 Å². The Bertz CT molecular complexity index is 896. The molecule has 0 atom stereocenters. The second-order valence-electron chi connectivity index (χ2n) is 7.26. The number of carbonyl (C=O) groups is 2. The van der Waals surface area contributed by atoms with Crippen LogP contribution in [0.15, 0.2) is 36.0 Å². The van der Waals surface area contributed by atoms with E-state index in [1.165, 1.54) is 18.4 Å². The Morgan fingerprint density at radius 2 is 2.04 bits per heavy atom. The lowest BCUT2D eigenvalue weighted by Crippen LogP contribution is -2.41. The van der Waals surface area contributed by atoms with Crippen LogP contribution in [0.4, 0.5) is 0 Å². The van der Waals surface area contributed by atoms with Crippen molar-refractivity contribution < 1.29 is 14.3 Å². The molecule has 2 aliphatic rings. The van der Waals surface area contributed by atoms with E-state index in [0.29, 0.717) is 44.1 Å². The van der Waals surface area contributed by atoms with E-state index in [9.17, 15) is 9.59 Å². The minimum absolute atomic E-state index is 0.170. The average Bonchev–Trinajstić information content (AvgIpc) is 3.14. The van der Waals surface area contributed by atoms with Crippen LogP contribution >= 0.6 is 0 Å². The first-order valence-corrected chi connectivity index (χ1v) is 10.0. The molecule has 0 bridgehead atoms. The molecule has 4 rings (SSSR count). The lowest BCUT2D eigenvalue weighted by Gasteiger charge is -2.26. The molecule has 148 valence electrons. The van der Waals surface area contributed by atoms with E-state index < -0.39 is 0 Å². The van der Waals surface area contributed by atoms with E-state index in [0.717, 1.165) is 19.3 Å². The van der Waals surface area contributed by atoms with E-state index in [4.69, 9.17) is 4.74 Å². The topological polar surface area (TPSA) is 75.9 Å². The predicted molar refractivity (Wildman–Crippen MR) is 105 cm³/mol. The van der Waals surface area contributed by atoms with Crippen molar-refractivity contribution in [1.82, 2.24) is 19.6 Å².